The second kappa shape index (κ2) is 5.21. The van der Waals surface area contributed by atoms with Crippen LogP contribution in [0, 0.1) is 24.0 Å². The fourth-order valence-corrected chi connectivity index (χ4v) is 2.21. The average molecular weight is 271 g/mol. The molecule has 0 unspecified atom stereocenters. The van der Waals surface area contributed by atoms with Crippen LogP contribution in [0.5, 0.6) is 0 Å². The number of nitrogens with zero attached hydrogens (tertiary/aromatic N) is 2. The summed E-state index contributed by atoms with van der Waals surface area (Å²) in [6.45, 7) is 4.07. The number of nitro benzene ring substituents is 1. The number of aryl methyl sites for hydroxylation is 2. The van der Waals surface area contributed by atoms with Gasteiger partial charge in [-0.15, -0.1) is 0 Å². The summed E-state index contributed by atoms with van der Waals surface area (Å²) in [5.74, 6) is 0. The van der Waals surface area contributed by atoms with Gasteiger partial charge in [-0.25, -0.2) is 0 Å². The summed E-state index contributed by atoms with van der Waals surface area (Å²) in [4.78, 5) is 12.3. The van der Waals surface area contributed by atoms with E-state index in [0.29, 0.717) is 0 Å². The Bertz CT molecular complexity index is 648. The van der Waals surface area contributed by atoms with E-state index >= 15 is 0 Å². The van der Waals surface area contributed by atoms with Gasteiger partial charge in [-0.1, -0.05) is 6.07 Å². The first kappa shape index (κ1) is 13.9. The Morgan fingerprint density at radius 3 is 2.15 bits per heavy atom. The lowest BCUT2D eigenvalue weighted by atomic mass is 10.1. The monoisotopic (exact) mass is 271 g/mol. The Kier molecular flexibility index (Phi) is 3.61. The molecule has 5 heteroatoms. The number of nitro groups is 1. The number of anilines is 3. The number of nitrogens with two attached hydrogens (primary N) is 1. The van der Waals surface area contributed by atoms with Crippen molar-refractivity contribution in [2.45, 2.75) is 13.8 Å². The van der Waals surface area contributed by atoms with E-state index in [1.165, 1.54) is 17.2 Å². The van der Waals surface area contributed by atoms with E-state index in [2.05, 4.69) is 18.2 Å². The van der Waals surface area contributed by atoms with E-state index in [9.17, 15) is 10.1 Å². The zero-order valence-corrected chi connectivity index (χ0v) is 11.8. The van der Waals surface area contributed by atoms with E-state index in [-0.39, 0.29) is 11.4 Å². The molecule has 2 aromatic carbocycles. The van der Waals surface area contributed by atoms with Gasteiger partial charge in [0.05, 0.1) is 4.92 Å². The minimum Gasteiger partial charge on any atom is -0.393 e. The second-order valence-corrected chi connectivity index (χ2v) is 4.91. The molecule has 2 rings (SSSR count). The molecule has 0 aliphatic heterocycles. The lowest BCUT2D eigenvalue weighted by molar-refractivity contribution is -0.383. The summed E-state index contributed by atoms with van der Waals surface area (Å²) in [7, 11) is 1.91. The van der Waals surface area contributed by atoms with Crippen LogP contribution in [0.4, 0.5) is 22.7 Å². The largest absolute Gasteiger partial charge is 0.393 e. The normalized spacial score (nSPS) is 10.3. The van der Waals surface area contributed by atoms with Gasteiger partial charge >= 0.3 is 0 Å². The van der Waals surface area contributed by atoms with Gasteiger partial charge in [-0.05, 0) is 49.2 Å². The first-order valence-electron chi connectivity index (χ1n) is 6.24. The molecule has 0 saturated carbocycles. The molecule has 0 spiro atoms. The first-order chi connectivity index (χ1) is 9.38. The Balaban J connectivity index is 2.40. The van der Waals surface area contributed by atoms with Crippen LogP contribution in [0.15, 0.2) is 36.4 Å². The average Bonchev–Trinajstić information content (AvgIpc) is 2.36. The topological polar surface area (TPSA) is 72.4 Å². The van der Waals surface area contributed by atoms with Gasteiger partial charge < -0.3 is 10.6 Å². The van der Waals surface area contributed by atoms with Gasteiger partial charge in [0.2, 0.25) is 0 Å². The molecule has 0 amide bonds. The van der Waals surface area contributed by atoms with Crippen molar-refractivity contribution in [3.63, 3.8) is 0 Å². The predicted molar refractivity (Wildman–Crippen MR) is 81.5 cm³/mol. The molecular weight excluding hydrogens is 254 g/mol. The van der Waals surface area contributed by atoms with Crippen molar-refractivity contribution in [1.82, 2.24) is 0 Å². The molecule has 0 heterocycles. The van der Waals surface area contributed by atoms with Crippen molar-refractivity contribution in [2.24, 2.45) is 0 Å². The smallest absolute Gasteiger partial charge is 0.292 e. The minimum atomic E-state index is -0.476. The Labute approximate surface area is 117 Å². The molecule has 0 atom stereocenters. The highest BCUT2D eigenvalue weighted by Gasteiger charge is 2.13. The van der Waals surface area contributed by atoms with Gasteiger partial charge in [0, 0.05) is 24.5 Å². The van der Waals surface area contributed by atoms with Gasteiger partial charge in [0.1, 0.15) is 5.69 Å². The lowest BCUT2D eigenvalue weighted by Gasteiger charge is -2.21. The fourth-order valence-electron chi connectivity index (χ4n) is 2.21. The Morgan fingerprint density at radius 1 is 1.05 bits per heavy atom. The quantitative estimate of drug-likeness (QED) is 0.526. The highest BCUT2D eigenvalue weighted by atomic mass is 16.6. The Morgan fingerprint density at radius 2 is 1.65 bits per heavy atom. The molecule has 0 aliphatic carbocycles. The molecule has 0 fully saturated rings. The van der Waals surface area contributed by atoms with Crippen LogP contribution in [0.1, 0.15) is 11.1 Å². The number of hydrogen-bond donors (Lipinski definition) is 1. The van der Waals surface area contributed by atoms with Crippen LogP contribution < -0.4 is 10.6 Å². The highest BCUT2D eigenvalue weighted by Crippen LogP contribution is 2.31. The molecule has 0 saturated heterocycles. The number of rotatable bonds is 3. The van der Waals surface area contributed by atoms with E-state index in [1.54, 1.807) is 12.1 Å². The second-order valence-electron chi connectivity index (χ2n) is 4.91. The zero-order valence-electron chi connectivity index (χ0n) is 11.8. The third kappa shape index (κ3) is 2.71. The maximum atomic E-state index is 10.8. The molecular formula is C15H17N3O2. The van der Waals surface area contributed by atoms with Crippen molar-refractivity contribution in [3.05, 3.63) is 57.6 Å². The van der Waals surface area contributed by atoms with Crippen LogP contribution >= 0.6 is 0 Å². The van der Waals surface area contributed by atoms with Crippen molar-refractivity contribution in [3.8, 4) is 0 Å². The summed E-state index contributed by atoms with van der Waals surface area (Å²) in [5.41, 5.74) is 10.0. The van der Waals surface area contributed by atoms with Crippen molar-refractivity contribution >= 4 is 22.7 Å². The molecule has 0 radical (unpaired) electrons. The Hall–Kier alpha value is -2.56. The lowest BCUT2D eigenvalue weighted by Crippen LogP contribution is -2.10. The summed E-state index contributed by atoms with van der Waals surface area (Å²) >= 11 is 0. The van der Waals surface area contributed by atoms with Gasteiger partial charge in [0.25, 0.3) is 5.69 Å². The fraction of sp³-hybridized carbons (Fsp3) is 0.200. The first-order valence-corrected chi connectivity index (χ1v) is 6.24. The summed E-state index contributed by atoms with van der Waals surface area (Å²) < 4.78 is 0. The van der Waals surface area contributed by atoms with Crippen molar-refractivity contribution in [1.29, 1.82) is 0 Å². The zero-order chi connectivity index (χ0) is 14.9. The van der Waals surface area contributed by atoms with Crippen molar-refractivity contribution in [2.75, 3.05) is 17.7 Å². The standard InChI is InChI=1S/C15H17N3O2/c1-10-6-11(2)8-13(7-10)17(3)12-4-5-15(18(19)20)14(16)9-12/h4-9H,16H2,1-3H3. The third-order valence-corrected chi connectivity index (χ3v) is 3.19. The summed E-state index contributed by atoms with van der Waals surface area (Å²) in [6, 6.07) is 11.0. The molecule has 0 aliphatic rings. The van der Waals surface area contributed by atoms with E-state index in [4.69, 9.17) is 5.73 Å². The van der Waals surface area contributed by atoms with E-state index in [1.807, 2.05) is 25.8 Å². The van der Waals surface area contributed by atoms with Crippen molar-refractivity contribution < 1.29 is 4.92 Å². The van der Waals surface area contributed by atoms with E-state index < -0.39 is 4.92 Å². The van der Waals surface area contributed by atoms with Crippen LogP contribution in [-0.2, 0) is 0 Å². The van der Waals surface area contributed by atoms with E-state index in [0.717, 1.165) is 11.4 Å². The van der Waals surface area contributed by atoms with Crippen LogP contribution in [0.2, 0.25) is 0 Å². The van der Waals surface area contributed by atoms with Crippen LogP contribution in [-0.4, -0.2) is 12.0 Å². The molecule has 2 N–H and O–H groups in total. The summed E-state index contributed by atoms with van der Waals surface area (Å²) in [6.07, 6.45) is 0. The van der Waals surface area contributed by atoms with Crippen LogP contribution in [0.3, 0.4) is 0 Å². The van der Waals surface area contributed by atoms with Gasteiger partial charge in [-0.2, -0.15) is 0 Å². The molecule has 0 aromatic heterocycles. The highest BCUT2D eigenvalue weighted by molar-refractivity contribution is 5.71. The minimum absolute atomic E-state index is 0.0671. The molecule has 2 aromatic rings. The predicted octanol–water partition coefficient (Wildman–Crippen LogP) is 3.56. The molecule has 104 valence electrons. The molecule has 5 nitrogen and oxygen atoms in total. The maximum absolute atomic E-state index is 10.8. The number of hydrogen-bond acceptors (Lipinski definition) is 4. The number of nitrogen functional groups attached to an aromatic ring is 1. The SMILES string of the molecule is Cc1cc(C)cc(N(C)c2ccc([N+](=O)[O-])c(N)c2)c1. The maximum Gasteiger partial charge on any atom is 0.292 e. The third-order valence-electron chi connectivity index (χ3n) is 3.19. The van der Waals surface area contributed by atoms with Gasteiger partial charge in [0.15, 0.2) is 0 Å². The molecule has 20 heavy (non-hydrogen) atoms. The van der Waals surface area contributed by atoms with Crippen LogP contribution in [0.25, 0.3) is 0 Å². The summed E-state index contributed by atoms with van der Waals surface area (Å²) in [5, 5.41) is 10.8. The molecule has 0 bridgehead atoms. The van der Waals surface area contributed by atoms with Gasteiger partial charge in [-0.3, -0.25) is 10.1 Å². The number of benzene rings is 2.